The number of ketones is 1. The van der Waals surface area contributed by atoms with Gasteiger partial charge in [0.1, 0.15) is 11.5 Å². The highest BCUT2D eigenvalue weighted by atomic mass is 19.1. The number of rotatable bonds is 5. The summed E-state index contributed by atoms with van der Waals surface area (Å²) in [5, 5.41) is 0. The Morgan fingerprint density at radius 1 is 1.10 bits per heavy atom. The van der Waals surface area contributed by atoms with E-state index >= 15 is 0 Å². The van der Waals surface area contributed by atoms with Crippen molar-refractivity contribution in [2.45, 2.75) is 20.3 Å². The van der Waals surface area contributed by atoms with Crippen molar-refractivity contribution in [2.24, 2.45) is 0 Å². The van der Waals surface area contributed by atoms with Crippen LogP contribution in [0.2, 0.25) is 0 Å². The Balaban J connectivity index is 1.80. The van der Waals surface area contributed by atoms with Gasteiger partial charge >= 0.3 is 11.9 Å². The SMILES string of the molecule is CCOC(=O)c1c(C)[nH]c(C(=O)C(=O)N2CCc3ccccc32)c1-c1ccc(F)cc1. The average Bonchev–Trinajstić information content (AvgIpc) is 3.34. The third-order valence-corrected chi connectivity index (χ3v) is 5.35. The van der Waals surface area contributed by atoms with E-state index in [9.17, 15) is 18.8 Å². The number of aromatic amines is 1. The van der Waals surface area contributed by atoms with Crippen LogP contribution in [0.3, 0.4) is 0 Å². The van der Waals surface area contributed by atoms with Gasteiger partial charge in [-0.3, -0.25) is 9.59 Å². The molecule has 2 heterocycles. The van der Waals surface area contributed by atoms with Gasteiger partial charge < -0.3 is 14.6 Å². The number of benzene rings is 2. The van der Waals surface area contributed by atoms with E-state index in [4.69, 9.17) is 4.74 Å². The lowest BCUT2D eigenvalue weighted by Gasteiger charge is -2.16. The van der Waals surface area contributed by atoms with E-state index < -0.39 is 23.5 Å². The van der Waals surface area contributed by atoms with Gasteiger partial charge in [-0.05, 0) is 49.6 Å². The second-order valence-electron chi connectivity index (χ2n) is 7.27. The first-order valence-corrected chi connectivity index (χ1v) is 10.0. The molecule has 3 aromatic rings. The maximum atomic E-state index is 13.5. The Labute approximate surface area is 178 Å². The molecule has 158 valence electrons. The number of para-hydroxylation sites is 1. The predicted molar refractivity (Wildman–Crippen MR) is 114 cm³/mol. The highest BCUT2D eigenvalue weighted by Crippen LogP contribution is 2.33. The molecule has 1 aliphatic rings. The molecule has 1 aliphatic heterocycles. The molecule has 0 unspecified atom stereocenters. The number of ether oxygens (including phenoxy) is 1. The number of esters is 1. The summed E-state index contributed by atoms with van der Waals surface area (Å²) in [4.78, 5) is 43.4. The van der Waals surface area contributed by atoms with Crippen LogP contribution in [0.15, 0.2) is 48.5 Å². The number of carbonyl (C=O) groups excluding carboxylic acids is 3. The molecule has 1 amide bonds. The monoisotopic (exact) mass is 420 g/mol. The zero-order valence-electron chi connectivity index (χ0n) is 17.2. The number of Topliss-reactive ketones (excluding diaryl/α,β-unsaturated/α-hetero) is 1. The standard InChI is InChI=1S/C24H21FN2O4/c1-3-31-24(30)19-14(2)26-21(20(19)16-8-10-17(25)11-9-16)22(28)23(29)27-13-12-15-6-4-5-7-18(15)27/h4-11,26H,3,12-13H2,1-2H3. The molecule has 31 heavy (non-hydrogen) atoms. The zero-order chi connectivity index (χ0) is 22.1. The summed E-state index contributed by atoms with van der Waals surface area (Å²) in [7, 11) is 0. The third-order valence-electron chi connectivity index (χ3n) is 5.35. The summed E-state index contributed by atoms with van der Waals surface area (Å²) < 4.78 is 18.6. The molecule has 1 aromatic heterocycles. The fourth-order valence-corrected chi connectivity index (χ4v) is 3.94. The number of amides is 1. The lowest BCUT2D eigenvalue weighted by molar-refractivity contribution is -0.114. The number of aryl methyl sites for hydroxylation is 1. The quantitative estimate of drug-likeness (QED) is 0.383. The molecule has 6 nitrogen and oxygen atoms in total. The van der Waals surface area contributed by atoms with Crippen LogP contribution < -0.4 is 4.90 Å². The van der Waals surface area contributed by atoms with E-state index in [1.807, 2.05) is 18.2 Å². The van der Waals surface area contributed by atoms with Crippen molar-refractivity contribution < 1.29 is 23.5 Å². The molecule has 2 aromatic carbocycles. The van der Waals surface area contributed by atoms with Crippen molar-refractivity contribution in [3.05, 3.63) is 76.9 Å². The van der Waals surface area contributed by atoms with E-state index in [0.29, 0.717) is 29.9 Å². The Morgan fingerprint density at radius 3 is 2.52 bits per heavy atom. The lowest BCUT2D eigenvalue weighted by atomic mass is 9.98. The maximum absolute atomic E-state index is 13.5. The minimum absolute atomic E-state index is 0.0125. The van der Waals surface area contributed by atoms with Crippen LogP contribution in [0.1, 0.15) is 39.0 Å². The lowest BCUT2D eigenvalue weighted by Crippen LogP contribution is -2.35. The number of carbonyl (C=O) groups is 3. The van der Waals surface area contributed by atoms with Crippen molar-refractivity contribution in [2.75, 3.05) is 18.1 Å². The van der Waals surface area contributed by atoms with E-state index in [2.05, 4.69) is 4.98 Å². The number of anilines is 1. The Morgan fingerprint density at radius 2 is 1.81 bits per heavy atom. The van der Waals surface area contributed by atoms with Gasteiger partial charge in [0, 0.05) is 23.5 Å². The summed E-state index contributed by atoms with van der Waals surface area (Å²) in [6.07, 6.45) is 0.665. The van der Waals surface area contributed by atoms with E-state index in [0.717, 1.165) is 5.56 Å². The van der Waals surface area contributed by atoms with Crippen LogP contribution in [0, 0.1) is 12.7 Å². The van der Waals surface area contributed by atoms with Gasteiger partial charge in [-0.15, -0.1) is 0 Å². The Hall–Kier alpha value is -3.74. The van der Waals surface area contributed by atoms with Crippen molar-refractivity contribution in [1.82, 2.24) is 4.98 Å². The van der Waals surface area contributed by atoms with Crippen LogP contribution in [-0.4, -0.2) is 35.8 Å². The van der Waals surface area contributed by atoms with Crippen molar-refractivity contribution in [1.29, 1.82) is 0 Å². The number of nitrogens with one attached hydrogen (secondary N) is 1. The fraction of sp³-hybridized carbons (Fsp3) is 0.208. The Bertz CT molecular complexity index is 1180. The molecule has 1 N–H and O–H groups in total. The van der Waals surface area contributed by atoms with Gasteiger partial charge in [-0.25, -0.2) is 9.18 Å². The molecule has 0 radical (unpaired) electrons. The molecule has 0 saturated heterocycles. The van der Waals surface area contributed by atoms with Gasteiger partial charge in [-0.2, -0.15) is 0 Å². The van der Waals surface area contributed by atoms with E-state index in [-0.39, 0.29) is 23.4 Å². The van der Waals surface area contributed by atoms with Crippen molar-refractivity contribution in [3.8, 4) is 11.1 Å². The summed E-state index contributed by atoms with van der Waals surface area (Å²) >= 11 is 0. The highest BCUT2D eigenvalue weighted by molar-refractivity contribution is 6.48. The number of hydrogen-bond donors (Lipinski definition) is 1. The number of hydrogen-bond acceptors (Lipinski definition) is 4. The second-order valence-corrected chi connectivity index (χ2v) is 7.27. The van der Waals surface area contributed by atoms with Crippen molar-refractivity contribution >= 4 is 23.3 Å². The molecule has 0 bridgehead atoms. The first-order chi connectivity index (χ1) is 14.9. The minimum Gasteiger partial charge on any atom is -0.462 e. The predicted octanol–water partition coefficient (Wildman–Crippen LogP) is 4.08. The maximum Gasteiger partial charge on any atom is 0.340 e. The van der Waals surface area contributed by atoms with Gasteiger partial charge in [0.15, 0.2) is 0 Å². The van der Waals surface area contributed by atoms with E-state index in [1.54, 1.807) is 19.9 Å². The van der Waals surface area contributed by atoms with Crippen LogP contribution in [0.5, 0.6) is 0 Å². The molecule has 0 fully saturated rings. The van der Waals surface area contributed by atoms with Crippen LogP contribution >= 0.6 is 0 Å². The smallest absolute Gasteiger partial charge is 0.340 e. The molecular formula is C24H21FN2O4. The summed E-state index contributed by atoms with van der Waals surface area (Å²) in [5.74, 6) is -2.53. The van der Waals surface area contributed by atoms with Crippen LogP contribution in [0.25, 0.3) is 11.1 Å². The topological polar surface area (TPSA) is 79.5 Å². The second kappa shape index (κ2) is 8.18. The largest absolute Gasteiger partial charge is 0.462 e. The van der Waals surface area contributed by atoms with Crippen LogP contribution in [-0.2, 0) is 16.0 Å². The fourth-order valence-electron chi connectivity index (χ4n) is 3.94. The van der Waals surface area contributed by atoms with Gasteiger partial charge in [0.2, 0.25) is 0 Å². The first-order valence-electron chi connectivity index (χ1n) is 10.0. The third kappa shape index (κ3) is 3.63. The zero-order valence-corrected chi connectivity index (χ0v) is 17.2. The van der Waals surface area contributed by atoms with Crippen molar-refractivity contribution in [3.63, 3.8) is 0 Å². The van der Waals surface area contributed by atoms with Gasteiger partial charge in [-0.1, -0.05) is 30.3 Å². The summed E-state index contributed by atoms with van der Waals surface area (Å²) in [5.41, 5.74) is 2.92. The average molecular weight is 420 g/mol. The number of halogens is 1. The first kappa shape index (κ1) is 20.5. The van der Waals surface area contributed by atoms with Crippen LogP contribution in [0.4, 0.5) is 10.1 Å². The molecular weight excluding hydrogens is 399 g/mol. The highest BCUT2D eigenvalue weighted by Gasteiger charge is 2.34. The molecule has 0 aliphatic carbocycles. The molecule has 0 atom stereocenters. The molecule has 4 rings (SSSR count). The number of nitrogens with zero attached hydrogens (tertiary/aromatic N) is 1. The summed E-state index contributed by atoms with van der Waals surface area (Å²) in [6, 6.07) is 12.8. The Kier molecular flexibility index (Phi) is 5.42. The van der Waals surface area contributed by atoms with Gasteiger partial charge in [0.05, 0.1) is 12.2 Å². The minimum atomic E-state index is -0.769. The number of H-pyrrole nitrogens is 1. The number of fused-ring (bicyclic) bond motifs is 1. The van der Waals surface area contributed by atoms with E-state index in [1.165, 1.54) is 29.2 Å². The molecule has 0 spiro atoms. The molecule has 7 heteroatoms. The summed E-state index contributed by atoms with van der Waals surface area (Å²) in [6.45, 7) is 3.86. The number of aromatic nitrogens is 1. The molecule has 0 saturated carbocycles. The normalized spacial score (nSPS) is 12.5. The van der Waals surface area contributed by atoms with Gasteiger partial charge in [0.25, 0.3) is 5.78 Å².